The number of carbonyl (C=O) groups is 2. The Bertz CT molecular complexity index is 1380. The summed E-state index contributed by atoms with van der Waals surface area (Å²) in [5.41, 5.74) is 1.85. The Morgan fingerprint density at radius 3 is 2.32 bits per heavy atom. The maximum absolute atomic E-state index is 13.7. The zero-order chi connectivity index (χ0) is 23.9. The summed E-state index contributed by atoms with van der Waals surface area (Å²) in [7, 11) is 0. The van der Waals surface area contributed by atoms with Crippen molar-refractivity contribution >= 4 is 28.2 Å². The Hall–Kier alpha value is -3.76. The SMILES string of the molecule is CC(C)c1ccc(C(=O)C[C@]2(O)C(=O)N(Cc3cccc4ccccc34)c3ccccc32)cc1. The van der Waals surface area contributed by atoms with Gasteiger partial charge in [0.15, 0.2) is 11.4 Å². The van der Waals surface area contributed by atoms with Crippen LogP contribution in [0, 0.1) is 0 Å². The minimum atomic E-state index is -1.89. The van der Waals surface area contributed by atoms with Crippen LogP contribution in [0.25, 0.3) is 10.8 Å². The molecule has 4 aromatic carbocycles. The van der Waals surface area contributed by atoms with Crippen molar-refractivity contribution in [3.8, 4) is 0 Å². The van der Waals surface area contributed by atoms with Gasteiger partial charge in [-0.05, 0) is 33.9 Å². The maximum atomic E-state index is 13.7. The third kappa shape index (κ3) is 3.70. The topological polar surface area (TPSA) is 57.6 Å². The molecule has 0 radical (unpaired) electrons. The number of ketones is 1. The molecule has 4 aromatic rings. The number of anilines is 1. The third-order valence-electron chi connectivity index (χ3n) is 6.76. The molecule has 0 spiro atoms. The molecule has 170 valence electrons. The summed E-state index contributed by atoms with van der Waals surface area (Å²) in [6.07, 6.45) is -0.296. The van der Waals surface area contributed by atoms with Crippen LogP contribution in [0.4, 0.5) is 5.69 Å². The highest BCUT2D eigenvalue weighted by atomic mass is 16.3. The van der Waals surface area contributed by atoms with E-state index in [1.165, 1.54) is 0 Å². The zero-order valence-corrected chi connectivity index (χ0v) is 19.4. The van der Waals surface area contributed by atoms with Crippen LogP contribution in [-0.2, 0) is 16.9 Å². The molecule has 1 atom stereocenters. The van der Waals surface area contributed by atoms with Crippen LogP contribution in [0.5, 0.6) is 0 Å². The van der Waals surface area contributed by atoms with Crippen molar-refractivity contribution in [2.24, 2.45) is 0 Å². The molecule has 4 heteroatoms. The van der Waals surface area contributed by atoms with Gasteiger partial charge in [-0.3, -0.25) is 9.59 Å². The fourth-order valence-electron chi connectivity index (χ4n) is 4.82. The van der Waals surface area contributed by atoms with Gasteiger partial charge in [0.2, 0.25) is 0 Å². The van der Waals surface area contributed by atoms with Gasteiger partial charge in [-0.15, -0.1) is 0 Å². The molecule has 0 aliphatic carbocycles. The maximum Gasteiger partial charge on any atom is 0.264 e. The van der Waals surface area contributed by atoms with Crippen LogP contribution in [0.2, 0.25) is 0 Å². The highest BCUT2D eigenvalue weighted by Gasteiger charge is 2.50. The van der Waals surface area contributed by atoms with Crippen molar-refractivity contribution < 1.29 is 14.7 Å². The number of benzene rings is 4. The monoisotopic (exact) mass is 449 g/mol. The normalized spacial score (nSPS) is 17.4. The summed E-state index contributed by atoms with van der Waals surface area (Å²) >= 11 is 0. The Labute approximate surface area is 199 Å². The number of amides is 1. The largest absolute Gasteiger partial charge is 0.375 e. The first-order chi connectivity index (χ1) is 16.4. The second-order valence-corrected chi connectivity index (χ2v) is 9.28. The minimum Gasteiger partial charge on any atom is -0.375 e. The Morgan fingerprint density at radius 1 is 0.882 bits per heavy atom. The molecule has 34 heavy (non-hydrogen) atoms. The van der Waals surface area contributed by atoms with Gasteiger partial charge in [0.05, 0.1) is 18.7 Å². The summed E-state index contributed by atoms with van der Waals surface area (Å²) < 4.78 is 0. The molecule has 4 nitrogen and oxygen atoms in total. The summed E-state index contributed by atoms with van der Waals surface area (Å²) in [5, 5.41) is 13.8. The van der Waals surface area contributed by atoms with Crippen LogP contribution in [0.3, 0.4) is 0 Å². The summed E-state index contributed by atoms with van der Waals surface area (Å²) in [5.74, 6) is -0.360. The first kappa shape index (κ1) is 22.1. The van der Waals surface area contributed by atoms with Crippen LogP contribution in [-0.4, -0.2) is 16.8 Å². The van der Waals surface area contributed by atoms with Crippen LogP contribution in [0.1, 0.15) is 53.2 Å². The van der Waals surface area contributed by atoms with Crippen molar-refractivity contribution in [3.63, 3.8) is 0 Å². The van der Waals surface area contributed by atoms with E-state index < -0.39 is 11.5 Å². The summed E-state index contributed by atoms with van der Waals surface area (Å²) in [6.45, 7) is 4.51. The fraction of sp³-hybridized carbons (Fsp3) is 0.200. The zero-order valence-electron chi connectivity index (χ0n) is 19.4. The molecule has 0 saturated heterocycles. The molecular weight excluding hydrogens is 422 g/mol. The number of hydrogen-bond acceptors (Lipinski definition) is 3. The molecular formula is C30H27NO3. The quantitative estimate of drug-likeness (QED) is 0.369. The van der Waals surface area contributed by atoms with E-state index in [9.17, 15) is 14.7 Å². The molecule has 0 saturated carbocycles. The average Bonchev–Trinajstić information content (AvgIpc) is 3.06. The van der Waals surface area contributed by atoms with Gasteiger partial charge < -0.3 is 10.0 Å². The Kier molecular flexibility index (Phi) is 5.54. The standard InChI is InChI=1S/C30H27NO3/c1-20(2)21-14-16-23(17-15-21)28(32)18-30(34)26-12-5-6-13-27(26)31(29(30)33)19-24-10-7-9-22-8-3-4-11-25(22)24/h3-17,20,34H,18-19H2,1-2H3/t30-/m1/s1. The number of rotatable bonds is 6. The van der Waals surface area contributed by atoms with Gasteiger partial charge in [-0.25, -0.2) is 0 Å². The van der Waals surface area contributed by atoms with Gasteiger partial charge in [-0.1, -0.05) is 98.8 Å². The van der Waals surface area contributed by atoms with E-state index in [2.05, 4.69) is 13.8 Å². The predicted octanol–water partition coefficient (Wildman–Crippen LogP) is 5.97. The lowest BCUT2D eigenvalue weighted by molar-refractivity contribution is -0.136. The fourth-order valence-corrected chi connectivity index (χ4v) is 4.82. The number of aliphatic hydroxyl groups is 1. The van der Waals surface area contributed by atoms with Crippen molar-refractivity contribution in [1.29, 1.82) is 0 Å². The smallest absolute Gasteiger partial charge is 0.264 e. The lowest BCUT2D eigenvalue weighted by Gasteiger charge is -2.23. The molecule has 0 unspecified atom stereocenters. The minimum absolute atomic E-state index is 0.257. The van der Waals surface area contributed by atoms with Gasteiger partial charge >= 0.3 is 0 Å². The number of para-hydroxylation sites is 1. The molecule has 1 heterocycles. The number of nitrogens with zero attached hydrogens (tertiary/aromatic N) is 1. The lowest BCUT2D eigenvalue weighted by atomic mass is 9.87. The van der Waals surface area contributed by atoms with E-state index >= 15 is 0 Å². The Morgan fingerprint density at radius 2 is 1.56 bits per heavy atom. The molecule has 5 rings (SSSR count). The second kappa shape index (κ2) is 8.54. The van der Waals surface area contributed by atoms with Gasteiger partial charge in [0.1, 0.15) is 0 Å². The van der Waals surface area contributed by atoms with E-state index in [4.69, 9.17) is 0 Å². The number of fused-ring (bicyclic) bond motifs is 2. The predicted molar refractivity (Wildman–Crippen MR) is 135 cm³/mol. The number of carbonyl (C=O) groups excluding carboxylic acids is 2. The Balaban J connectivity index is 1.48. The molecule has 0 fully saturated rings. The average molecular weight is 450 g/mol. The number of hydrogen-bond donors (Lipinski definition) is 1. The van der Waals surface area contributed by atoms with Gasteiger partial charge in [0, 0.05) is 11.1 Å². The van der Waals surface area contributed by atoms with Gasteiger partial charge in [0.25, 0.3) is 5.91 Å². The second-order valence-electron chi connectivity index (χ2n) is 9.28. The van der Waals surface area contributed by atoms with Crippen molar-refractivity contribution in [2.45, 2.75) is 38.3 Å². The highest BCUT2D eigenvalue weighted by molar-refractivity contribution is 6.11. The first-order valence-electron chi connectivity index (χ1n) is 11.6. The molecule has 0 aromatic heterocycles. The van der Waals surface area contributed by atoms with E-state index in [0.29, 0.717) is 29.3 Å². The van der Waals surface area contributed by atoms with Crippen LogP contribution in [0.15, 0.2) is 91.0 Å². The van der Waals surface area contributed by atoms with Crippen molar-refractivity contribution in [1.82, 2.24) is 0 Å². The number of Topliss-reactive ketones (excluding diaryl/α,β-unsaturated/α-hetero) is 1. The van der Waals surface area contributed by atoms with Crippen LogP contribution >= 0.6 is 0 Å². The third-order valence-corrected chi connectivity index (χ3v) is 6.76. The summed E-state index contributed by atoms with van der Waals surface area (Å²) in [6, 6.07) is 28.7. The first-order valence-corrected chi connectivity index (χ1v) is 11.6. The van der Waals surface area contributed by atoms with E-state index in [1.54, 1.807) is 29.2 Å². The molecule has 1 aliphatic rings. The summed E-state index contributed by atoms with van der Waals surface area (Å²) in [4.78, 5) is 28.4. The lowest BCUT2D eigenvalue weighted by Crippen LogP contribution is -2.41. The molecule has 1 amide bonds. The van der Waals surface area contributed by atoms with Gasteiger partial charge in [-0.2, -0.15) is 0 Å². The van der Waals surface area contributed by atoms with E-state index in [0.717, 1.165) is 21.9 Å². The van der Waals surface area contributed by atoms with Crippen LogP contribution < -0.4 is 4.90 Å². The van der Waals surface area contributed by atoms with E-state index in [-0.39, 0.29) is 12.2 Å². The molecule has 0 bridgehead atoms. The molecule has 1 aliphatic heterocycles. The molecule has 1 N–H and O–H groups in total. The van der Waals surface area contributed by atoms with Crippen molar-refractivity contribution in [3.05, 3.63) is 113 Å². The van der Waals surface area contributed by atoms with Crippen molar-refractivity contribution in [2.75, 3.05) is 4.90 Å². The van der Waals surface area contributed by atoms with E-state index in [1.807, 2.05) is 66.7 Å². The highest BCUT2D eigenvalue weighted by Crippen LogP contribution is 2.44.